The summed E-state index contributed by atoms with van der Waals surface area (Å²) >= 11 is 6.45. The molecule has 4 aromatic rings. The second-order valence-electron chi connectivity index (χ2n) is 8.48. The van der Waals surface area contributed by atoms with Crippen molar-refractivity contribution in [1.82, 2.24) is 9.78 Å². The van der Waals surface area contributed by atoms with Gasteiger partial charge in [-0.2, -0.15) is 5.10 Å². The lowest BCUT2D eigenvalue weighted by Crippen LogP contribution is -2.12. The van der Waals surface area contributed by atoms with Crippen LogP contribution in [0.1, 0.15) is 29.3 Å². The summed E-state index contributed by atoms with van der Waals surface area (Å²) in [6.45, 7) is 1.61. The molecule has 1 fully saturated rings. The van der Waals surface area contributed by atoms with Gasteiger partial charge in [-0.1, -0.05) is 41.9 Å². The zero-order valence-corrected chi connectivity index (χ0v) is 20.3. The summed E-state index contributed by atoms with van der Waals surface area (Å²) in [5.41, 5.74) is 1.52. The van der Waals surface area contributed by atoms with E-state index < -0.39 is 21.4 Å². The van der Waals surface area contributed by atoms with Gasteiger partial charge in [0, 0.05) is 28.7 Å². The Morgan fingerprint density at radius 2 is 2.09 bits per heavy atom. The van der Waals surface area contributed by atoms with Crippen LogP contribution in [0.2, 0.25) is 5.15 Å². The van der Waals surface area contributed by atoms with Crippen molar-refractivity contribution in [2.24, 2.45) is 0 Å². The fraction of sp³-hybridized carbons (Fsp3) is 0.240. The summed E-state index contributed by atoms with van der Waals surface area (Å²) in [5.74, 6) is -0.530. The molecule has 180 valence electrons. The average molecular weight is 513 g/mol. The number of benzene rings is 2. The maximum absolute atomic E-state index is 12.5. The molecule has 3 heterocycles. The molecule has 1 aliphatic heterocycles. The van der Waals surface area contributed by atoms with Gasteiger partial charge in [0.05, 0.1) is 23.2 Å². The van der Waals surface area contributed by atoms with Gasteiger partial charge >= 0.3 is 11.6 Å². The van der Waals surface area contributed by atoms with Gasteiger partial charge in [-0.15, -0.1) is 0 Å². The molecule has 1 aliphatic rings. The van der Waals surface area contributed by atoms with Gasteiger partial charge in [0.1, 0.15) is 17.3 Å². The van der Waals surface area contributed by atoms with Crippen LogP contribution in [0.3, 0.4) is 0 Å². The lowest BCUT2D eigenvalue weighted by molar-refractivity contribution is -0.138. The summed E-state index contributed by atoms with van der Waals surface area (Å²) in [6, 6.07) is 12.3. The van der Waals surface area contributed by atoms with Gasteiger partial charge in [0.15, 0.2) is 9.84 Å². The van der Waals surface area contributed by atoms with Gasteiger partial charge in [-0.25, -0.2) is 22.7 Å². The highest BCUT2D eigenvalue weighted by molar-refractivity contribution is 7.91. The molecule has 0 saturated carbocycles. The predicted octanol–water partition coefficient (Wildman–Crippen LogP) is 4.22. The van der Waals surface area contributed by atoms with Crippen LogP contribution in [0.25, 0.3) is 27.8 Å². The van der Waals surface area contributed by atoms with Crippen molar-refractivity contribution in [3.05, 3.63) is 80.9 Å². The zero-order valence-electron chi connectivity index (χ0n) is 18.7. The maximum Gasteiger partial charge on any atom is 0.336 e. The summed E-state index contributed by atoms with van der Waals surface area (Å²) < 4.78 is 35.9. The molecule has 1 saturated heterocycles. The summed E-state index contributed by atoms with van der Waals surface area (Å²) in [7, 11) is -3.10. The van der Waals surface area contributed by atoms with Crippen LogP contribution in [0, 0.1) is 6.92 Å². The fourth-order valence-electron chi connectivity index (χ4n) is 4.41. The number of aryl methyl sites for hydroxylation is 1. The molecule has 0 unspecified atom stereocenters. The fourth-order valence-corrected chi connectivity index (χ4v) is 6.48. The molecule has 8 nitrogen and oxygen atoms in total. The van der Waals surface area contributed by atoms with Crippen molar-refractivity contribution >= 4 is 55.2 Å². The van der Waals surface area contributed by atoms with Gasteiger partial charge < -0.3 is 9.15 Å². The van der Waals surface area contributed by atoms with E-state index in [-0.39, 0.29) is 29.3 Å². The molecule has 0 bridgehead atoms. The average Bonchev–Trinajstić information content (AvgIpc) is 3.33. The molecule has 1 atom stereocenters. The molecule has 10 heteroatoms. The highest BCUT2D eigenvalue weighted by Crippen LogP contribution is 2.31. The van der Waals surface area contributed by atoms with E-state index in [0.717, 1.165) is 10.8 Å². The number of sulfone groups is 1. The summed E-state index contributed by atoms with van der Waals surface area (Å²) in [4.78, 5) is 24.5. The normalized spacial score (nSPS) is 17.5. The van der Waals surface area contributed by atoms with Crippen molar-refractivity contribution in [3.8, 4) is 0 Å². The molecule has 0 aliphatic carbocycles. The number of aromatic nitrogens is 2. The standard InChI is InChI=1S/C25H21ClN2O6S/c1-15-19(25(26)28(27-15)18-10-11-35(31,32)14-18)7-9-22(29)33-13-17-12-23(30)34-21-8-6-16-4-2-3-5-20(16)24(17)21/h2-9,12,18H,10-11,13-14H2,1H3/b9-7+/t18-/m0/s1. The molecule has 0 N–H and O–H groups in total. The highest BCUT2D eigenvalue weighted by atomic mass is 35.5. The molecule has 5 rings (SSSR count). The van der Waals surface area contributed by atoms with Crippen LogP contribution in [0.4, 0.5) is 0 Å². The third-order valence-electron chi connectivity index (χ3n) is 6.10. The first-order valence-corrected chi connectivity index (χ1v) is 13.2. The third-order valence-corrected chi connectivity index (χ3v) is 8.22. The van der Waals surface area contributed by atoms with Crippen LogP contribution in [0.15, 0.2) is 57.8 Å². The van der Waals surface area contributed by atoms with Gasteiger partial charge in [-0.3, -0.25) is 0 Å². The Morgan fingerprint density at radius 1 is 1.29 bits per heavy atom. The van der Waals surface area contributed by atoms with Crippen LogP contribution in [-0.2, 0) is 26.0 Å². The first-order chi connectivity index (χ1) is 16.7. The number of rotatable bonds is 5. The number of fused-ring (bicyclic) bond motifs is 3. The van der Waals surface area contributed by atoms with Gasteiger partial charge in [-0.05, 0) is 36.3 Å². The van der Waals surface area contributed by atoms with Gasteiger partial charge in [0.2, 0.25) is 0 Å². The second kappa shape index (κ2) is 8.98. The molecule has 2 aromatic heterocycles. The van der Waals surface area contributed by atoms with E-state index in [9.17, 15) is 18.0 Å². The Balaban J connectivity index is 1.36. The smallest absolute Gasteiger partial charge is 0.336 e. The number of esters is 1. The van der Waals surface area contributed by atoms with Crippen LogP contribution in [0.5, 0.6) is 0 Å². The van der Waals surface area contributed by atoms with E-state index in [2.05, 4.69) is 5.10 Å². The Bertz CT molecular complexity index is 1670. The molecule has 0 amide bonds. The summed E-state index contributed by atoms with van der Waals surface area (Å²) in [5, 5.41) is 7.22. The Hall–Kier alpha value is -3.43. The molecule has 2 aromatic carbocycles. The van der Waals surface area contributed by atoms with E-state index >= 15 is 0 Å². The lowest BCUT2D eigenvalue weighted by atomic mass is 10.0. The van der Waals surface area contributed by atoms with Crippen molar-refractivity contribution in [2.75, 3.05) is 11.5 Å². The lowest BCUT2D eigenvalue weighted by Gasteiger charge is -2.09. The highest BCUT2D eigenvalue weighted by Gasteiger charge is 2.31. The molecule has 35 heavy (non-hydrogen) atoms. The quantitative estimate of drug-likeness (QED) is 0.170. The number of hydrogen-bond acceptors (Lipinski definition) is 7. The summed E-state index contributed by atoms with van der Waals surface area (Å²) in [6.07, 6.45) is 3.18. The number of carbonyl (C=O) groups is 1. The van der Waals surface area contributed by atoms with Gasteiger partial charge in [0.25, 0.3) is 0 Å². The Morgan fingerprint density at radius 3 is 2.86 bits per heavy atom. The van der Waals surface area contributed by atoms with Crippen molar-refractivity contribution in [1.29, 1.82) is 0 Å². The number of carbonyl (C=O) groups excluding carboxylic acids is 1. The van der Waals surface area contributed by atoms with Crippen LogP contribution in [-0.4, -0.2) is 35.7 Å². The van der Waals surface area contributed by atoms with E-state index in [1.54, 1.807) is 13.0 Å². The molecular weight excluding hydrogens is 492 g/mol. The minimum atomic E-state index is -3.10. The second-order valence-corrected chi connectivity index (χ2v) is 11.1. The zero-order chi connectivity index (χ0) is 24.7. The first kappa shape index (κ1) is 23.3. The monoisotopic (exact) mass is 512 g/mol. The Labute approximate surface area is 205 Å². The van der Waals surface area contributed by atoms with E-state index in [1.807, 2.05) is 30.3 Å². The van der Waals surface area contributed by atoms with Crippen LogP contribution < -0.4 is 5.63 Å². The van der Waals surface area contributed by atoms with Crippen molar-refractivity contribution in [3.63, 3.8) is 0 Å². The molecular formula is C25H21ClN2O6S. The van der Waals surface area contributed by atoms with E-state index in [1.165, 1.54) is 22.9 Å². The number of hydrogen-bond donors (Lipinski definition) is 0. The molecule has 0 spiro atoms. The minimum Gasteiger partial charge on any atom is -0.458 e. The maximum atomic E-state index is 12.5. The first-order valence-electron chi connectivity index (χ1n) is 11.0. The molecule has 0 radical (unpaired) electrons. The number of ether oxygens (including phenoxy) is 1. The SMILES string of the molecule is Cc1nn([C@H]2CCS(=O)(=O)C2)c(Cl)c1/C=C/C(=O)OCc1cc(=O)oc2ccc3ccccc3c12. The van der Waals surface area contributed by atoms with Crippen molar-refractivity contribution in [2.45, 2.75) is 26.0 Å². The number of halogens is 1. The van der Waals surface area contributed by atoms with Crippen molar-refractivity contribution < 1.29 is 22.4 Å². The largest absolute Gasteiger partial charge is 0.458 e. The predicted molar refractivity (Wildman–Crippen MR) is 133 cm³/mol. The van der Waals surface area contributed by atoms with E-state index in [0.29, 0.717) is 34.2 Å². The third kappa shape index (κ3) is 4.61. The van der Waals surface area contributed by atoms with E-state index in [4.69, 9.17) is 20.8 Å². The topological polar surface area (TPSA) is 108 Å². The Kier molecular flexibility index (Phi) is 5.98. The van der Waals surface area contributed by atoms with Crippen LogP contribution >= 0.6 is 11.6 Å². The minimum absolute atomic E-state index is 0.00720. The number of nitrogens with zero attached hydrogens (tertiary/aromatic N) is 2.